The maximum absolute atomic E-state index is 12.8. The van der Waals surface area contributed by atoms with Crippen LogP contribution in [0.5, 0.6) is 5.75 Å². The number of benzene rings is 2. The molecule has 0 aromatic heterocycles. The highest BCUT2D eigenvalue weighted by Gasteiger charge is 2.27. The van der Waals surface area contributed by atoms with Crippen LogP contribution in [0.4, 0.5) is 5.69 Å². The summed E-state index contributed by atoms with van der Waals surface area (Å²) in [5.41, 5.74) is 1.00. The fourth-order valence-corrected chi connectivity index (χ4v) is 4.92. The standard InChI is InChI=1S/C21H27N3O4S2/c1-22(30(26,27)18-10-8-17(29-3)9-11-18)16-21(25)24-14-12-23(13-15-24)19-6-4-5-7-20(19)28-2/h4-11H,12-16H2,1-3H3. The molecule has 2 aromatic carbocycles. The van der Waals surface area contributed by atoms with Gasteiger partial charge < -0.3 is 14.5 Å². The van der Waals surface area contributed by atoms with E-state index in [0.717, 1.165) is 20.6 Å². The van der Waals surface area contributed by atoms with Crippen LogP contribution in [-0.4, -0.2) is 76.7 Å². The number of amides is 1. The molecule has 7 nitrogen and oxygen atoms in total. The van der Waals surface area contributed by atoms with Gasteiger partial charge in [-0.05, 0) is 42.7 Å². The van der Waals surface area contributed by atoms with E-state index in [9.17, 15) is 13.2 Å². The zero-order valence-corrected chi connectivity index (χ0v) is 19.1. The van der Waals surface area contributed by atoms with Crippen LogP contribution in [0.25, 0.3) is 0 Å². The van der Waals surface area contributed by atoms with E-state index in [0.29, 0.717) is 26.2 Å². The van der Waals surface area contributed by atoms with Crippen molar-refractivity contribution < 1.29 is 17.9 Å². The zero-order valence-electron chi connectivity index (χ0n) is 17.4. The molecule has 1 fully saturated rings. The fourth-order valence-electron chi connectivity index (χ4n) is 3.39. The van der Waals surface area contributed by atoms with E-state index in [1.54, 1.807) is 48.0 Å². The first-order valence-corrected chi connectivity index (χ1v) is 12.3. The second-order valence-corrected chi connectivity index (χ2v) is 9.90. The van der Waals surface area contributed by atoms with Gasteiger partial charge in [0.05, 0.1) is 24.2 Å². The van der Waals surface area contributed by atoms with Gasteiger partial charge in [0.15, 0.2) is 0 Å². The molecule has 0 N–H and O–H groups in total. The Morgan fingerprint density at radius 2 is 1.70 bits per heavy atom. The monoisotopic (exact) mass is 449 g/mol. The van der Waals surface area contributed by atoms with Crippen LogP contribution in [0.3, 0.4) is 0 Å². The minimum absolute atomic E-state index is 0.179. The van der Waals surface area contributed by atoms with Crippen molar-refractivity contribution in [2.75, 3.05) is 58.0 Å². The van der Waals surface area contributed by atoms with Crippen molar-refractivity contribution in [1.82, 2.24) is 9.21 Å². The summed E-state index contributed by atoms with van der Waals surface area (Å²) in [6.45, 7) is 2.22. The van der Waals surface area contributed by atoms with Gasteiger partial charge in [0.1, 0.15) is 5.75 Å². The summed E-state index contributed by atoms with van der Waals surface area (Å²) in [6.07, 6.45) is 1.93. The molecular formula is C21H27N3O4S2. The summed E-state index contributed by atoms with van der Waals surface area (Å²) in [4.78, 5) is 17.8. The Morgan fingerprint density at radius 1 is 1.07 bits per heavy atom. The third-order valence-corrected chi connectivity index (χ3v) is 7.74. The van der Waals surface area contributed by atoms with Gasteiger partial charge in [-0.2, -0.15) is 4.31 Å². The first kappa shape index (κ1) is 22.5. The number of nitrogens with zero attached hydrogens (tertiary/aromatic N) is 3. The van der Waals surface area contributed by atoms with E-state index in [-0.39, 0.29) is 17.3 Å². The molecule has 1 aliphatic heterocycles. The molecule has 2 aromatic rings. The maximum Gasteiger partial charge on any atom is 0.243 e. The number of likely N-dealkylation sites (N-methyl/N-ethyl adjacent to an activating group) is 1. The van der Waals surface area contributed by atoms with E-state index < -0.39 is 10.0 Å². The third kappa shape index (κ3) is 4.91. The highest BCUT2D eigenvalue weighted by molar-refractivity contribution is 7.98. The summed E-state index contributed by atoms with van der Waals surface area (Å²) in [5.74, 6) is 0.608. The Morgan fingerprint density at radius 3 is 2.30 bits per heavy atom. The average molecular weight is 450 g/mol. The minimum atomic E-state index is -3.71. The lowest BCUT2D eigenvalue weighted by Gasteiger charge is -2.37. The third-order valence-electron chi connectivity index (χ3n) is 5.18. The molecule has 0 aliphatic carbocycles. The molecular weight excluding hydrogens is 422 g/mol. The summed E-state index contributed by atoms with van der Waals surface area (Å²) in [7, 11) is -0.623. The number of thioether (sulfide) groups is 1. The van der Waals surface area contributed by atoms with Gasteiger partial charge >= 0.3 is 0 Å². The minimum Gasteiger partial charge on any atom is -0.495 e. The van der Waals surface area contributed by atoms with E-state index in [1.807, 2.05) is 30.5 Å². The van der Waals surface area contributed by atoms with E-state index >= 15 is 0 Å². The molecule has 1 heterocycles. The zero-order chi connectivity index (χ0) is 21.7. The van der Waals surface area contributed by atoms with E-state index in [1.165, 1.54) is 7.05 Å². The Bertz CT molecular complexity index is 972. The molecule has 9 heteroatoms. The quantitative estimate of drug-likeness (QED) is 0.605. The van der Waals surface area contributed by atoms with Gasteiger partial charge in [0.25, 0.3) is 0 Å². The number of hydrogen-bond acceptors (Lipinski definition) is 6. The molecule has 0 saturated carbocycles. The highest BCUT2D eigenvalue weighted by atomic mass is 32.2. The van der Waals surface area contributed by atoms with Gasteiger partial charge in [-0.25, -0.2) is 8.42 Å². The SMILES string of the molecule is COc1ccccc1N1CCN(C(=O)CN(C)S(=O)(=O)c2ccc(SC)cc2)CC1. The second kappa shape index (κ2) is 9.72. The normalized spacial score (nSPS) is 14.8. The predicted molar refractivity (Wildman–Crippen MR) is 120 cm³/mol. The predicted octanol–water partition coefficient (Wildman–Crippen LogP) is 2.39. The second-order valence-electron chi connectivity index (χ2n) is 6.98. The first-order chi connectivity index (χ1) is 14.4. The molecule has 1 saturated heterocycles. The van der Waals surface area contributed by atoms with Gasteiger partial charge in [0, 0.05) is 38.1 Å². The van der Waals surface area contributed by atoms with Crippen LogP contribution >= 0.6 is 11.8 Å². The number of hydrogen-bond donors (Lipinski definition) is 0. The van der Waals surface area contributed by atoms with Gasteiger partial charge in [-0.15, -0.1) is 11.8 Å². The van der Waals surface area contributed by atoms with Crippen LogP contribution < -0.4 is 9.64 Å². The van der Waals surface area contributed by atoms with Crippen molar-refractivity contribution in [2.45, 2.75) is 9.79 Å². The van der Waals surface area contributed by atoms with E-state index in [4.69, 9.17) is 4.74 Å². The lowest BCUT2D eigenvalue weighted by molar-refractivity contribution is -0.131. The molecule has 1 amide bonds. The maximum atomic E-state index is 12.8. The topological polar surface area (TPSA) is 70.2 Å². The van der Waals surface area contributed by atoms with Crippen LogP contribution in [0.15, 0.2) is 58.3 Å². The smallest absolute Gasteiger partial charge is 0.243 e. The lowest BCUT2D eigenvalue weighted by Crippen LogP contribution is -2.51. The number of carbonyl (C=O) groups is 1. The van der Waals surface area contributed by atoms with Crippen molar-refractivity contribution in [1.29, 1.82) is 0 Å². The average Bonchev–Trinajstić information content (AvgIpc) is 2.79. The number of methoxy groups -OCH3 is 1. The highest BCUT2D eigenvalue weighted by Crippen LogP contribution is 2.28. The first-order valence-electron chi connectivity index (χ1n) is 9.63. The summed E-state index contributed by atoms with van der Waals surface area (Å²) >= 11 is 1.55. The molecule has 3 rings (SSSR count). The van der Waals surface area contributed by atoms with Crippen molar-refractivity contribution in [3.63, 3.8) is 0 Å². The summed E-state index contributed by atoms with van der Waals surface area (Å²) < 4.78 is 32.1. The van der Waals surface area contributed by atoms with Crippen LogP contribution in [-0.2, 0) is 14.8 Å². The van der Waals surface area contributed by atoms with Crippen LogP contribution in [0, 0.1) is 0 Å². The number of anilines is 1. The molecule has 0 unspecified atom stereocenters. The number of piperazine rings is 1. The fraction of sp³-hybridized carbons (Fsp3) is 0.381. The van der Waals surface area contributed by atoms with Crippen molar-refractivity contribution in [3.05, 3.63) is 48.5 Å². The van der Waals surface area contributed by atoms with Crippen molar-refractivity contribution in [2.24, 2.45) is 0 Å². The van der Waals surface area contributed by atoms with Gasteiger partial charge in [-0.3, -0.25) is 4.79 Å². The molecule has 30 heavy (non-hydrogen) atoms. The largest absolute Gasteiger partial charge is 0.495 e. The number of carbonyl (C=O) groups excluding carboxylic acids is 1. The number of sulfonamides is 1. The molecule has 0 bridgehead atoms. The van der Waals surface area contributed by atoms with Gasteiger partial charge in [0.2, 0.25) is 15.9 Å². The molecule has 0 spiro atoms. The lowest BCUT2D eigenvalue weighted by atomic mass is 10.2. The van der Waals surface area contributed by atoms with E-state index in [2.05, 4.69) is 4.90 Å². The van der Waals surface area contributed by atoms with Gasteiger partial charge in [-0.1, -0.05) is 12.1 Å². The molecule has 162 valence electrons. The Labute approximate surface area is 182 Å². The summed E-state index contributed by atoms with van der Waals surface area (Å²) in [6, 6.07) is 14.5. The number of rotatable bonds is 7. The van der Waals surface area contributed by atoms with Crippen molar-refractivity contribution in [3.8, 4) is 5.75 Å². The number of ether oxygens (including phenoxy) is 1. The Balaban J connectivity index is 1.59. The molecule has 0 atom stereocenters. The number of para-hydroxylation sites is 2. The molecule has 0 radical (unpaired) electrons. The Hall–Kier alpha value is -2.23. The van der Waals surface area contributed by atoms with Crippen LogP contribution in [0.1, 0.15) is 0 Å². The Kier molecular flexibility index (Phi) is 7.27. The van der Waals surface area contributed by atoms with Crippen LogP contribution in [0.2, 0.25) is 0 Å². The summed E-state index contributed by atoms with van der Waals surface area (Å²) in [5, 5.41) is 0. The van der Waals surface area contributed by atoms with Crippen molar-refractivity contribution >= 4 is 33.4 Å². The molecule has 1 aliphatic rings.